The van der Waals surface area contributed by atoms with Crippen LogP contribution in [0.1, 0.15) is 18.4 Å². The zero-order valence-electron chi connectivity index (χ0n) is 18.8. The number of hydrogen-bond donors (Lipinski definition) is 0. The van der Waals surface area contributed by atoms with E-state index >= 15 is 0 Å². The molecular formula is C25H25FN4O3. The number of carbonyl (C=O) groups excluding carboxylic acids is 1. The zero-order valence-corrected chi connectivity index (χ0v) is 18.8. The van der Waals surface area contributed by atoms with Crippen LogP contribution in [0, 0.1) is 5.82 Å². The molecular weight excluding hydrogens is 423 g/mol. The fourth-order valence-electron chi connectivity index (χ4n) is 4.17. The standard InChI is InChI=1S/C25H25FN4O3/c1-29(2)22(31)14-33-18-6-4-5-17(12-18)30-15-25(9-10-25)19-13-27-23(28-24(19)30)16-7-8-21(32-3)20(26)11-16/h4-8,11-13H,9-10,14-15H2,1-3H3. The molecule has 1 aliphatic heterocycles. The third-order valence-corrected chi connectivity index (χ3v) is 6.31. The minimum atomic E-state index is -0.452. The predicted molar refractivity (Wildman–Crippen MR) is 123 cm³/mol. The predicted octanol–water partition coefficient (Wildman–Crippen LogP) is 3.94. The third-order valence-electron chi connectivity index (χ3n) is 6.31. The molecule has 1 spiro atoms. The number of halogens is 1. The van der Waals surface area contributed by atoms with Gasteiger partial charge in [-0.1, -0.05) is 6.07 Å². The van der Waals surface area contributed by atoms with Gasteiger partial charge < -0.3 is 19.3 Å². The molecule has 1 aliphatic carbocycles. The lowest BCUT2D eigenvalue weighted by atomic mass is 10.0. The molecule has 1 saturated carbocycles. The molecule has 0 unspecified atom stereocenters. The molecule has 0 atom stereocenters. The van der Waals surface area contributed by atoms with E-state index in [-0.39, 0.29) is 23.7 Å². The van der Waals surface area contributed by atoms with E-state index in [4.69, 9.17) is 14.5 Å². The highest BCUT2D eigenvalue weighted by Gasteiger charge is 2.53. The lowest BCUT2D eigenvalue weighted by Gasteiger charge is -2.20. The van der Waals surface area contributed by atoms with Crippen LogP contribution >= 0.6 is 0 Å². The van der Waals surface area contributed by atoms with E-state index in [0.717, 1.165) is 36.5 Å². The second-order valence-corrected chi connectivity index (χ2v) is 8.72. The summed E-state index contributed by atoms with van der Waals surface area (Å²) < 4.78 is 25.0. The zero-order chi connectivity index (χ0) is 23.2. The van der Waals surface area contributed by atoms with E-state index in [1.165, 1.54) is 18.1 Å². The van der Waals surface area contributed by atoms with Crippen molar-refractivity contribution in [3.05, 3.63) is 60.0 Å². The van der Waals surface area contributed by atoms with Crippen molar-refractivity contribution in [3.63, 3.8) is 0 Å². The number of nitrogens with zero attached hydrogens (tertiary/aromatic N) is 4. The monoisotopic (exact) mass is 448 g/mol. The highest BCUT2D eigenvalue weighted by Crippen LogP contribution is 2.57. The smallest absolute Gasteiger partial charge is 0.259 e. The van der Waals surface area contributed by atoms with Crippen molar-refractivity contribution >= 4 is 17.4 Å². The van der Waals surface area contributed by atoms with Gasteiger partial charge in [0.05, 0.1) is 7.11 Å². The first-order chi connectivity index (χ1) is 15.9. The number of methoxy groups -OCH3 is 1. The number of fused-ring (bicyclic) bond motifs is 2. The summed E-state index contributed by atoms with van der Waals surface area (Å²) in [7, 11) is 4.83. The first-order valence-electron chi connectivity index (χ1n) is 10.8. The van der Waals surface area contributed by atoms with Crippen LogP contribution in [-0.4, -0.2) is 55.1 Å². The van der Waals surface area contributed by atoms with E-state index in [0.29, 0.717) is 17.1 Å². The highest BCUT2D eigenvalue weighted by atomic mass is 19.1. The molecule has 0 saturated heterocycles. The van der Waals surface area contributed by atoms with Gasteiger partial charge in [0.1, 0.15) is 11.6 Å². The average Bonchev–Trinajstić information content (AvgIpc) is 3.53. The summed E-state index contributed by atoms with van der Waals surface area (Å²) >= 11 is 0. The maximum atomic E-state index is 14.3. The third kappa shape index (κ3) is 3.86. The van der Waals surface area contributed by atoms with E-state index in [1.807, 2.05) is 30.5 Å². The summed E-state index contributed by atoms with van der Waals surface area (Å²) in [6, 6.07) is 12.4. The minimum absolute atomic E-state index is 0.0215. The van der Waals surface area contributed by atoms with Gasteiger partial charge in [-0.15, -0.1) is 0 Å². The molecule has 1 amide bonds. The Morgan fingerprint density at radius 3 is 2.73 bits per heavy atom. The van der Waals surface area contributed by atoms with E-state index in [1.54, 1.807) is 26.2 Å². The van der Waals surface area contributed by atoms with Gasteiger partial charge in [0.2, 0.25) is 0 Å². The van der Waals surface area contributed by atoms with Crippen LogP contribution in [0.4, 0.5) is 15.9 Å². The molecule has 0 N–H and O–H groups in total. The molecule has 2 aliphatic rings. The van der Waals surface area contributed by atoms with Gasteiger partial charge in [0, 0.05) is 55.1 Å². The first-order valence-corrected chi connectivity index (χ1v) is 10.8. The van der Waals surface area contributed by atoms with Gasteiger partial charge in [-0.05, 0) is 43.2 Å². The van der Waals surface area contributed by atoms with E-state index < -0.39 is 5.82 Å². The van der Waals surface area contributed by atoms with Crippen molar-refractivity contribution in [2.45, 2.75) is 18.3 Å². The van der Waals surface area contributed by atoms with Crippen molar-refractivity contribution in [1.82, 2.24) is 14.9 Å². The summed E-state index contributed by atoms with van der Waals surface area (Å²) in [6.07, 6.45) is 4.05. The molecule has 33 heavy (non-hydrogen) atoms. The van der Waals surface area contributed by atoms with Crippen LogP contribution < -0.4 is 14.4 Å². The maximum absolute atomic E-state index is 14.3. The number of hydrogen-bond acceptors (Lipinski definition) is 6. The van der Waals surface area contributed by atoms with Crippen LogP contribution in [-0.2, 0) is 10.2 Å². The second kappa shape index (κ2) is 8.03. The molecule has 5 rings (SSSR count). The Kier molecular flexibility index (Phi) is 5.15. The van der Waals surface area contributed by atoms with Gasteiger partial charge in [-0.25, -0.2) is 14.4 Å². The topological polar surface area (TPSA) is 67.8 Å². The van der Waals surface area contributed by atoms with Gasteiger partial charge in [-0.3, -0.25) is 4.79 Å². The normalized spacial score (nSPS) is 15.3. The molecule has 1 aromatic heterocycles. The van der Waals surface area contributed by atoms with Crippen LogP contribution in [0.2, 0.25) is 0 Å². The van der Waals surface area contributed by atoms with Crippen LogP contribution in [0.15, 0.2) is 48.7 Å². The number of rotatable bonds is 6. The molecule has 3 aromatic rings. The van der Waals surface area contributed by atoms with E-state index in [9.17, 15) is 9.18 Å². The van der Waals surface area contributed by atoms with Gasteiger partial charge in [0.15, 0.2) is 24.0 Å². The van der Waals surface area contributed by atoms with Crippen LogP contribution in [0.5, 0.6) is 11.5 Å². The van der Waals surface area contributed by atoms with Gasteiger partial charge >= 0.3 is 0 Å². The summed E-state index contributed by atoms with van der Waals surface area (Å²) in [6.45, 7) is 0.782. The number of aromatic nitrogens is 2. The number of ether oxygens (including phenoxy) is 2. The van der Waals surface area contributed by atoms with Gasteiger partial charge in [-0.2, -0.15) is 0 Å². The lowest BCUT2D eigenvalue weighted by molar-refractivity contribution is -0.130. The Morgan fingerprint density at radius 1 is 1.21 bits per heavy atom. The maximum Gasteiger partial charge on any atom is 0.259 e. The molecule has 170 valence electrons. The van der Waals surface area contributed by atoms with E-state index in [2.05, 4.69) is 9.88 Å². The molecule has 0 radical (unpaired) electrons. The molecule has 2 aromatic carbocycles. The summed E-state index contributed by atoms with van der Waals surface area (Å²) in [5, 5.41) is 0. The fraction of sp³-hybridized carbons (Fsp3) is 0.320. The van der Waals surface area contributed by atoms with Crippen LogP contribution in [0.3, 0.4) is 0 Å². The number of amides is 1. The number of carbonyl (C=O) groups is 1. The van der Waals surface area contributed by atoms with Crippen LogP contribution in [0.25, 0.3) is 11.4 Å². The van der Waals surface area contributed by atoms with Crippen molar-refractivity contribution < 1.29 is 18.7 Å². The molecule has 8 heteroatoms. The summed E-state index contributed by atoms with van der Waals surface area (Å²) in [5.41, 5.74) is 2.71. The van der Waals surface area contributed by atoms with Crippen molar-refractivity contribution in [3.8, 4) is 22.9 Å². The Hall–Kier alpha value is -3.68. The summed E-state index contributed by atoms with van der Waals surface area (Å²) in [5.74, 6) is 1.53. The lowest BCUT2D eigenvalue weighted by Crippen LogP contribution is -2.27. The molecule has 7 nitrogen and oxygen atoms in total. The SMILES string of the molecule is COc1ccc(-c2ncc3c(n2)N(c2cccc(OCC(=O)N(C)C)c2)CC32CC2)cc1F. The quantitative estimate of drug-likeness (QED) is 0.569. The average molecular weight is 448 g/mol. The minimum Gasteiger partial charge on any atom is -0.494 e. The summed E-state index contributed by atoms with van der Waals surface area (Å²) in [4.78, 5) is 24.9. The molecule has 1 fully saturated rings. The second-order valence-electron chi connectivity index (χ2n) is 8.72. The number of likely N-dealkylation sites (N-methyl/N-ethyl adjacent to an activating group) is 1. The Labute approximate surface area is 191 Å². The van der Waals surface area contributed by atoms with Crippen molar-refractivity contribution in [2.75, 3.05) is 39.3 Å². The van der Waals surface area contributed by atoms with Gasteiger partial charge in [0.25, 0.3) is 5.91 Å². The fourth-order valence-corrected chi connectivity index (χ4v) is 4.17. The van der Waals surface area contributed by atoms with Crippen molar-refractivity contribution in [2.24, 2.45) is 0 Å². The largest absolute Gasteiger partial charge is 0.494 e. The number of benzene rings is 2. The Balaban J connectivity index is 1.47. The molecule has 2 heterocycles. The first kappa shape index (κ1) is 21.2. The molecule has 0 bridgehead atoms. The Bertz CT molecular complexity index is 1230. The highest BCUT2D eigenvalue weighted by molar-refractivity contribution is 5.77. The number of anilines is 2. The van der Waals surface area contributed by atoms with Crippen molar-refractivity contribution in [1.29, 1.82) is 0 Å². The Morgan fingerprint density at radius 2 is 2.03 bits per heavy atom.